The minimum atomic E-state index is -1.41. The van der Waals surface area contributed by atoms with E-state index in [0.29, 0.717) is 0 Å². The zero-order valence-corrected chi connectivity index (χ0v) is 17.3. The van der Waals surface area contributed by atoms with Crippen molar-refractivity contribution < 1.29 is 4.74 Å². The van der Waals surface area contributed by atoms with Crippen LogP contribution < -0.4 is 10.1 Å². The number of ether oxygens (including phenoxy) is 1. The molecular formula is C20H24BrNOSi. The van der Waals surface area contributed by atoms with E-state index in [4.69, 9.17) is 4.74 Å². The van der Waals surface area contributed by atoms with Crippen LogP contribution in [0.5, 0.6) is 5.75 Å². The van der Waals surface area contributed by atoms with Crippen LogP contribution in [0.1, 0.15) is 17.2 Å². The Hall–Kier alpha value is -1.54. The van der Waals surface area contributed by atoms with Gasteiger partial charge in [-0.1, -0.05) is 65.8 Å². The van der Waals surface area contributed by atoms with Crippen molar-refractivity contribution in [3.63, 3.8) is 0 Å². The lowest BCUT2D eigenvalue weighted by molar-refractivity contribution is 0.414. The molecule has 0 radical (unpaired) electrons. The molecule has 2 rings (SSSR count). The third-order valence-electron chi connectivity index (χ3n) is 3.46. The van der Waals surface area contributed by atoms with Crippen LogP contribution in [-0.4, -0.2) is 15.2 Å². The molecule has 2 nitrogen and oxygen atoms in total. The van der Waals surface area contributed by atoms with E-state index in [-0.39, 0.29) is 6.04 Å². The molecule has 1 N–H and O–H groups in total. The van der Waals surface area contributed by atoms with Crippen molar-refractivity contribution in [2.45, 2.75) is 32.2 Å². The van der Waals surface area contributed by atoms with Crippen LogP contribution in [0.25, 0.3) is 0 Å². The van der Waals surface area contributed by atoms with Gasteiger partial charge in [0.05, 0.1) is 13.2 Å². The maximum atomic E-state index is 5.21. The fraction of sp³-hybridized carbons (Fsp3) is 0.300. The predicted molar refractivity (Wildman–Crippen MR) is 108 cm³/mol. The first-order chi connectivity index (χ1) is 11.4. The van der Waals surface area contributed by atoms with Crippen LogP contribution in [0.2, 0.25) is 19.6 Å². The highest BCUT2D eigenvalue weighted by Crippen LogP contribution is 2.18. The molecule has 2 aromatic rings. The van der Waals surface area contributed by atoms with Crippen LogP contribution in [0, 0.1) is 11.5 Å². The van der Waals surface area contributed by atoms with Gasteiger partial charge in [-0.25, -0.2) is 0 Å². The van der Waals surface area contributed by atoms with E-state index in [1.165, 1.54) is 11.1 Å². The van der Waals surface area contributed by atoms with Crippen molar-refractivity contribution in [2.75, 3.05) is 7.11 Å². The number of halogens is 1. The van der Waals surface area contributed by atoms with Gasteiger partial charge in [0.25, 0.3) is 0 Å². The number of benzene rings is 2. The molecular weight excluding hydrogens is 378 g/mol. The summed E-state index contributed by atoms with van der Waals surface area (Å²) in [6.07, 6.45) is 0. The van der Waals surface area contributed by atoms with Crippen molar-refractivity contribution in [1.29, 1.82) is 0 Å². The molecule has 0 aliphatic rings. The molecule has 0 aliphatic heterocycles. The minimum Gasteiger partial charge on any atom is -0.497 e. The molecule has 126 valence electrons. The second-order valence-corrected chi connectivity index (χ2v) is 12.4. The van der Waals surface area contributed by atoms with Crippen LogP contribution in [0.4, 0.5) is 0 Å². The standard InChI is InChI=1S/C20H24BrNOSi/c1-23-19-11-5-16(6-12-19)15-22-20(13-14-24(2,3)4)17-7-9-18(21)10-8-17/h5-12,20,22H,15H2,1-4H3. The number of hydrogen-bond acceptors (Lipinski definition) is 2. The van der Waals surface area contributed by atoms with Gasteiger partial charge >= 0.3 is 0 Å². The normalized spacial score (nSPS) is 12.2. The Morgan fingerprint density at radius 2 is 1.67 bits per heavy atom. The van der Waals surface area contributed by atoms with Crippen molar-refractivity contribution >= 4 is 24.0 Å². The van der Waals surface area contributed by atoms with E-state index in [9.17, 15) is 0 Å². The van der Waals surface area contributed by atoms with Gasteiger partial charge in [-0.15, -0.1) is 5.54 Å². The fourth-order valence-electron chi connectivity index (χ4n) is 2.16. The highest BCUT2D eigenvalue weighted by atomic mass is 79.9. The lowest BCUT2D eigenvalue weighted by atomic mass is 10.1. The van der Waals surface area contributed by atoms with Gasteiger partial charge in [0, 0.05) is 11.0 Å². The Balaban J connectivity index is 2.15. The van der Waals surface area contributed by atoms with Crippen LogP contribution in [0.15, 0.2) is 53.0 Å². The summed E-state index contributed by atoms with van der Waals surface area (Å²) < 4.78 is 6.29. The number of rotatable bonds is 5. The Morgan fingerprint density at radius 1 is 1.04 bits per heavy atom. The molecule has 1 unspecified atom stereocenters. The molecule has 0 saturated carbocycles. The van der Waals surface area contributed by atoms with Gasteiger partial charge in [-0.05, 0) is 35.4 Å². The van der Waals surface area contributed by atoms with Gasteiger partial charge < -0.3 is 4.74 Å². The summed E-state index contributed by atoms with van der Waals surface area (Å²) in [4.78, 5) is 0. The van der Waals surface area contributed by atoms with E-state index in [0.717, 1.165) is 16.8 Å². The van der Waals surface area contributed by atoms with E-state index >= 15 is 0 Å². The molecule has 0 aliphatic carbocycles. The first kappa shape index (κ1) is 18.8. The molecule has 24 heavy (non-hydrogen) atoms. The molecule has 0 aromatic heterocycles. The Kier molecular flexibility index (Phi) is 6.67. The van der Waals surface area contributed by atoms with Crippen LogP contribution in [-0.2, 0) is 6.54 Å². The molecule has 1 atom stereocenters. The molecule has 0 bridgehead atoms. The summed E-state index contributed by atoms with van der Waals surface area (Å²) in [5.41, 5.74) is 5.89. The molecule has 4 heteroatoms. The Bertz CT molecular complexity index is 709. The van der Waals surface area contributed by atoms with E-state index in [2.05, 4.69) is 88.8 Å². The third kappa shape index (κ3) is 6.16. The summed E-state index contributed by atoms with van der Waals surface area (Å²) in [5, 5.41) is 3.57. The SMILES string of the molecule is COc1ccc(CNC(C#C[Si](C)(C)C)c2ccc(Br)cc2)cc1. The van der Waals surface area contributed by atoms with Crippen molar-refractivity contribution in [3.05, 3.63) is 64.1 Å². The number of methoxy groups -OCH3 is 1. The monoisotopic (exact) mass is 401 g/mol. The average Bonchev–Trinajstić information content (AvgIpc) is 2.55. The van der Waals surface area contributed by atoms with Gasteiger partial charge in [0.1, 0.15) is 13.8 Å². The molecule has 2 aromatic carbocycles. The minimum absolute atomic E-state index is 0.0342. The Labute approximate surface area is 154 Å². The lowest BCUT2D eigenvalue weighted by Crippen LogP contribution is -2.22. The predicted octanol–water partition coefficient (Wildman–Crippen LogP) is 5.17. The van der Waals surface area contributed by atoms with Crippen molar-refractivity contribution in [2.24, 2.45) is 0 Å². The van der Waals surface area contributed by atoms with Gasteiger partial charge in [0.2, 0.25) is 0 Å². The average molecular weight is 402 g/mol. The van der Waals surface area contributed by atoms with E-state index < -0.39 is 8.07 Å². The lowest BCUT2D eigenvalue weighted by Gasteiger charge is -2.15. The summed E-state index contributed by atoms with van der Waals surface area (Å²) in [7, 11) is 0.272. The van der Waals surface area contributed by atoms with E-state index in [1.54, 1.807) is 7.11 Å². The van der Waals surface area contributed by atoms with Crippen LogP contribution in [0.3, 0.4) is 0 Å². The highest BCUT2D eigenvalue weighted by molar-refractivity contribution is 9.10. The molecule has 0 amide bonds. The summed E-state index contributed by atoms with van der Waals surface area (Å²) >= 11 is 3.49. The number of hydrogen-bond donors (Lipinski definition) is 1. The first-order valence-corrected chi connectivity index (χ1v) is 12.3. The van der Waals surface area contributed by atoms with Crippen LogP contribution >= 0.6 is 15.9 Å². The van der Waals surface area contributed by atoms with E-state index in [1.807, 2.05) is 12.1 Å². The summed E-state index contributed by atoms with van der Waals surface area (Å²) in [6.45, 7) is 7.57. The molecule has 0 spiro atoms. The quantitative estimate of drug-likeness (QED) is 0.550. The second-order valence-electron chi connectivity index (χ2n) is 6.73. The molecule has 0 heterocycles. The first-order valence-electron chi connectivity index (χ1n) is 8.02. The summed E-state index contributed by atoms with van der Waals surface area (Å²) in [6, 6.07) is 16.5. The molecule has 0 saturated heterocycles. The third-order valence-corrected chi connectivity index (χ3v) is 4.89. The van der Waals surface area contributed by atoms with Crippen molar-refractivity contribution in [3.8, 4) is 17.2 Å². The zero-order chi connectivity index (χ0) is 17.6. The number of nitrogens with one attached hydrogen (secondary N) is 1. The topological polar surface area (TPSA) is 21.3 Å². The van der Waals surface area contributed by atoms with Gasteiger partial charge in [-0.2, -0.15) is 0 Å². The zero-order valence-electron chi connectivity index (χ0n) is 14.7. The maximum absolute atomic E-state index is 5.21. The van der Waals surface area contributed by atoms with Gasteiger partial charge in [-0.3, -0.25) is 5.32 Å². The fourth-order valence-corrected chi connectivity index (χ4v) is 3.00. The van der Waals surface area contributed by atoms with Gasteiger partial charge in [0.15, 0.2) is 0 Å². The summed E-state index contributed by atoms with van der Waals surface area (Å²) in [5.74, 6) is 4.33. The van der Waals surface area contributed by atoms with Crippen molar-refractivity contribution in [1.82, 2.24) is 5.32 Å². The Morgan fingerprint density at radius 3 is 2.21 bits per heavy atom. The molecule has 0 fully saturated rings. The smallest absolute Gasteiger partial charge is 0.129 e. The highest BCUT2D eigenvalue weighted by Gasteiger charge is 2.12. The second kappa shape index (κ2) is 8.52. The maximum Gasteiger partial charge on any atom is 0.129 e. The largest absolute Gasteiger partial charge is 0.497 e.